The smallest absolute Gasteiger partial charge is 0.293 e. The first kappa shape index (κ1) is 18.3. The standard InChI is InChI=1S/C21H18N2O4S/c1-26-15-10-8-14(9-11-15)13-18-20(24)23(21(25)28-18)12-4-7-19-22-16-5-2-3-6-17(16)27-19/h2-3,5-6,8-11,13H,4,7,12H2,1H3. The predicted molar refractivity (Wildman–Crippen MR) is 108 cm³/mol. The molecule has 0 aliphatic carbocycles. The Balaban J connectivity index is 1.38. The minimum atomic E-state index is -0.261. The number of rotatable bonds is 6. The van der Waals surface area contributed by atoms with Crippen LogP contribution in [0.1, 0.15) is 17.9 Å². The van der Waals surface area contributed by atoms with Crippen molar-refractivity contribution >= 4 is 40.1 Å². The molecule has 7 heteroatoms. The lowest BCUT2D eigenvalue weighted by Gasteiger charge is -2.11. The van der Waals surface area contributed by atoms with Gasteiger partial charge in [-0.2, -0.15) is 0 Å². The van der Waals surface area contributed by atoms with E-state index in [1.807, 2.05) is 48.5 Å². The summed E-state index contributed by atoms with van der Waals surface area (Å²) in [5.41, 5.74) is 2.40. The van der Waals surface area contributed by atoms with E-state index in [4.69, 9.17) is 9.15 Å². The van der Waals surface area contributed by atoms with E-state index in [1.165, 1.54) is 4.90 Å². The average molecular weight is 394 g/mol. The van der Waals surface area contributed by atoms with E-state index in [0.717, 1.165) is 34.2 Å². The third kappa shape index (κ3) is 3.80. The Morgan fingerprint density at radius 1 is 1.14 bits per heavy atom. The van der Waals surface area contributed by atoms with Crippen LogP contribution in [-0.2, 0) is 11.2 Å². The van der Waals surface area contributed by atoms with Crippen LogP contribution in [0.2, 0.25) is 0 Å². The van der Waals surface area contributed by atoms with Gasteiger partial charge in [0.1, 0.15) is 11.3 Å². The number of nitrogens with zero attached hydrogens (tertiary/aromatic N) is 2. The molecule has 6 nitrogen and oxygen atoms in total. The quantitative estimate of drug-likeness (QED) is 0.573. The van der Waals surface area contributed by atoms with Gasteiger partial charge in [0.15, 0.2) is 11.5 Å². The monoisotopic (exact) mass is 394 g/mol. The van der Waals surface area contributed by atoms with Crippen LogP contribution in [0.15, 0.2) is 57.9 Å². The first-order valence-electron chi connectivity index (χ1n) is 8.88. The van der Waals surface area contributed by atoms with Crippen LogP contribution in [-0.4, -0.2) is 34.7 Å². The molecule has 2 aromatic carbocycles. The molecule has 1 aromatic heterocycles. The van der Waals surface area contributed by atoms with Gasteiger partial charge in [-0.3, -0.25) is 14.5 Å². The van der Waals surface area contributed by atoms with E-state index in [1.54, 1.807) is 13.2 Å². The fourth-order valence-electron chi connectivity index (χ4n) is 2.96. The van der Waals surface area contributed by atoms with E-state index < -0.39 is 0 Å². The van der Waals surface area contributed by atoms with Crippen molar-refractivity contribution < 1.29 is 18.7 Å². The molecule has 0 saturated carbocycles. The molecule has 4 rings (SSSR count). The summed E-state index contributed by atoms with van der Waals surface area (Å²) in [4.78, 5) is 30.9. The molecule has 28 heavy (non-hydrogen) atoms. The van der Waals surface area contributed by atoms with Gasteiger partial charge in [0.05, 0.1) is 12.0 Å². The number of para-hydroxylation sites is 2. The van der Waals surface area contributed by atoms with Gasteiger partial charge < -0.3 is 9.15 Å². The molecular formula is C21H18N2O4S. The minimum absolute atomic E-state index is 0.248. The summed E-state index contributed by atoms with van der Waals surface area (Å²) in [7, 11) is 1.60. The summed E-state index contributed by atoms with van der Waals surface area (Å²) < 4.78 is 10.8. The summed E-state index contributed by atoms with van der Waals surface area (Å²) in [6.07, 6.45) is 2.89. The van der Waals surface area contributed by atoms with E-state index >= 15 is 0 Å². The minimum Gasteiger partial charge on any atom is -0.497 e. The maximum Gasteiger partial charge on any atom is 0.293 e. The molecule has 1 fully saturated rings. The Bertz CT molecular complexity index is 1020. The summed E-state index contributed by atoms with van der Waals surface area (Å²) in [5.74, 6) is 1.09. The molecule has 3 aromatic rings. The lowest BCUT2D eigenvalue weighted by atomic mass is 10.2. The molecule has 0 unspecified atom stereocenters. The van der Waals surface area contributed by atoms with Gasteiger partial charge in [-0.25, -0.2) is 4.98 Å². The van der Waals surface area contributed by atoms with Gasteiger partial charge in [0.2, 0.25) is 0 Å². The van der Waals surface area contributed by atoms with Gasteiger partial charge in [0, 0.05) is 13.0 Å². The van der Waals surface area contributed by atoms with Crippen LogP contribution in [0, 0.1) is 0 Å². The number of hydrogen-bond donors (Lipinski definition) is 0. The predicted octanol–water partition coefficient (Wildman–Crippen LogP) is 4.51. The van der Waals surface area contributed by atoms with Crippen molar-refractivity contribution in [3.05, 3.63) is 64.9 Å². The van der Waals surface area contributed by atoms with Crippen molar-refractivity contribution in [3.63, 3.8) is 0 Å². The van der Waals surface area contributed by atoms with Crippen LogP contribution >= 0.6 is 11.8 Å². The molecule has 0 N–H and O–H groups in total. The fourth-order valence-corrected chi connectivity index (χ4v) is 3.82. The first-order valence-corrected chi connectivity index (χ1v) is 9.69. The van der Waals surface area contributed by atoms with Crippen molar-refractivity contribution in [2.24, 2.45) is 0 Å². The molecule has 142 valence electrons. The summed E-state index contributed by atoms with van der Waals surface area (Å²) in [6, 6.07) is 14.9. The highest BCUT2D eigenvalue weighted by Crippen LogP contribution is 2.32. The summed E-state index contributed by atoms with van der Waals surface area (Å²) in [6.45, 7) is 0.337. The zero-order chi connectivity index (χ0) is 19.5. The molecule has 2 heterocycles. The maximum absolute atomic E-state index is 12.6. The second-order valence-electron chi connectivity index (χ2n) is 6.29. The van der Waals surface area contributed by atoms with Crippen LogP contribution in [0.5, 0.6) is 5.75 Å². The average Bonchev–Trinajstić information content (AvgIpc) is 3.24. The number of carbonyl (C=O) groups excluding carboxylic acids is 2. The first-order chi connectivity index (χ1) is 13.6. The van der Waals surface area contributed by atoms with Crippen molar-refractivity contribution in [2.45, 2.75) is 12.8 Å². The molecule has 1 saturated heterocycles. The van der Waals surface area contributed by atoms with Gasteiger partial charge in [-0.15, -0.1) is 0 Å². The number of ether oxygens (including phenoxy) is 1. The largest absolute Gasteiger partial charge is 0.497 e. The Labute approximate surface area is 166 Å². The highest BCUT2D eigenvalue weighted by molar-refractivity contribution is 8.18. The molecule has 0 radical (unpaired) electrons. The van der Waals surface area contributed by atoms with Crippen molar-refractivity contribution in [1.29, 1.82) is 0 Å². The molecule has 0 atom stereocenters. The Morgan fingerprint density at radius 2 is 1.93 bits per heavy atom. The zero-order valence-corrected chi connectivity index (χ0v) is 16.1. The van der Waals surface area contributed by atoms with Gasteiger partial charge >= 0.3 is 0 Å². The molecule has 0 spiro atoms. The fraction of sp³-hybridized carbons (Fsp3) is 0.190. The third-order valence-electron chi connectivity index (χ3n) is 4.40. The maximum atomic E-state index is 12.6. The molecule has 1 aliphatic heterocycles. The van der Waals surface area contributed by atoms with Gasteiger partial charge in [0.25, 0.3) is 11.1 Å². The lowest BCUT2D eigenvalue weighted by Crippen LogP contribution is -2.29. The number of carbonyl (C=O) groups is 2. The normalized spacial score (nSPS) is 15.8. The number of imide groups is 1. The zero-order valence-electron chi connectivity index (χ0n) is 15.3. The number of amides is 2. The van der Waals surface area contributed by atoms with E-state index in [9.17, 15) is 9.59 Å². The lowest BCUT2D eigenvalue weighted by molar-refractivity contribution is -0.122. The van der Waals surface area contributed by atoms with Crippen LogP contribution < -0.4 is 4.74 Å². The number of benzene rings is 2. The van der Waals surface area contributed by atoms with Crippen LogP contribution in [0.4, 0.5) is 4.79 Å². The van der Waals surface area contributed by atoms with Gasteiger partial charge in [-0.05, 0) is 54.1 Å². The Morgan fingerprint density at radius 3 is 2.68 bits per heavy atom. The van der Waals surface area contributed by atoms with Gasteiger partial charge in [-0.1, -0.05) is 24.3 Å². The second-order valence-corrected chi connectivity index (χ2v) is 7.28. The topological polar surface area (TPSA) is 72.6 Å². The molecule has 2 amide bonds. The number of aromatic nitrogens is 1. The van der Waals surface area contributed by atoms with Crippen molar-refractivity contribution in [2.75, 3.05) is 13.7 Å². The van der Waals surface area contributed by atoms with Crippen LogP contribution in [0.3, 0.4) is 0 Å². The van der Waals surface area contributed by atoms with E-state index in [-0.39, 0.29) is 11.1 Å². The highest BCUT2D eigenvalue weighted by Gasteiger charge is 2.34. The van der Waals surface area contributed by atoms with Crippen molar-refractivity contribution in [3.8, 4) is 5.75 Å². The number of fused-ring (bicyclic) bond motifs is 1. The Kier molecular flexibility index (Phi) is 5.16. The SMILES string of the molecule is COc1ccc(C=C2SC(=O)N(CCCc3nc4ccccc4o3)C2=O)cc1. The Hall–Kier alpha value is -3.06. The highest BCUT2D eigenvalue weighted by atomic mass is 32.2. The molecule has 0 bridgehead atoms. The van der Waals surface area contributed by atoms with E-state index in [0.29, 0.717) is 30.2 Å². The number of aryl methyl sites for hydroxylation is 1. The van der Waals surface area contributed by atoms with E-state index in [2.05, 4.69) is 4.98 Å². The molecule has 1 aliphatic rings. The third-order valence-corrected chi connectivity index (χ3v) is 5.31. The number of methoxy groups -OCH3 is 1. The summed E-state index contributed by atoms with van der Waals surface area (Å²) >= 11 is 0.965. The summed E-state index contributed by atoms with van der Waals surface area (Å²) in [5, 5.41) is -0.248. The van der Waals surface area contributed by atoms with Crippen molar-refractivity contribution in [1.82, 2.24) is 9.88 Å². The molecular weight excluding hydrogens is 376 g/mol. The van der Waals surface area contributed by atoms with Crippen LogP contribution in [0.25, 0.3) is 17.2 Å². The number of thioether (sulfide) groups is 1. The number of oxazole rings is 1. The second kappa shape index (κ2) is 7.90. The number of hydrogen-bond acceptors (Lipinski definition) is 6.